The molecule has 23 atom stereocenters. The number of piperidine rings is 6. The maximum absolute atomic E-state index is 15.8. The number of nitrogens with one attached hydrogen (secondary N) is 2. The van der Waals surface area contributed by atoms with Gasteiger partial charge in [-0.2, -0.15) is 0 Å². The number of ether oxygens (including phenoxy) is 6. The molecule has 0 radical (unpaired) electrons. The van der Waals surface area contributed by atoms with Gasteiger partial charge in [0.1, 0.15) is 11.5 Å². The molecule has 18 heterocycles. The first-order chi connectivity index (χ1) is 50.6. The summed E-state index contributed by atoms with van der Waals surface area (Å²) in [5.74, 6) is -0.731. The molecule has 4 aliphatic carbocycles. The Morgan fingerprint density at radius 2 is 1.01 bits per heavy atom. The van der Waals surface area contributed by atoms with E-state index in [0.717, 1.165) is 128 Å². The standard InChI is InChI=1S/C84H92N8O12/c1-99-65(95)47-37-77-23-31-104-72(77)74(34-46-36-76-22-30-102-60(76)18-26-88-28-20-81(69(76)88)52-12-8-16-58(94)62(52)92(44-74)84(46,81)98)42-90-56(39-79(67(77)90)49-9-3-5-13-54(49)85-63(47)79)53-40-89-41-73(71-78(24-32-103-71)38-48(66(96)100-2)64-82(53,70(78)89)50-10-4-6-14-55(50)86-64)33-45-35-75-21-29-101-59(75)17-25-87-27-19-80(68(75)87)51-11-7-15-57(93)61(51)91(43-73)83(45,80)97/h3-16,40,45-46,56,59-60,67-72,85-86,93-94,97-98H,17-39,41-44H2,1-2H3/t45-,46-,56?,59+,60+,67+,68+,69+,70+,71+,72+,73+,74+,75-,76-,77+,78+,79+,80-,81-,82-,83-,84-/m1/s1. The lowest BCUT2D eigenvalue weighted by Gasteiger charge is -2.71. The minimum atomic E-state index is -1.33. The van der Waals surface area contributed by atoms with E-state index in [1.807, 2.05) is 24.3 Å². The minimum absolute atomic E-state index is 0.0444. The Hall–Kier alpha value is -6.72. The molecule has 26 rings (SSSR count). The number of aromatic hydroxyl groups is 2. The van der Waals surface area contributed by atoms with Gasteiger partial charge < -0.3 is 74.2 Å². The Morgan fingerprint density at radius 1 is 0.510 bits per heavy atom. The van der Waals surface area contributed by atoms with Crippen LogP contribution in [0, 0.1) is 44.3 Å². The monoisotopic (exact) mass is 1400 g/mol. The Kier molecular flexibility index (Phi) is 10.7. The van der Waals surface area contributed by atoms with Gasteiger partial charge in [0, 0.05) is 163 Å². The van der Waals surface area contributed by atoms with Crippen LogP contribution in [0.25, 0.3) is 0 Å². The van der Waals surface area contributed by atoms with Crippen molar-refractivity contribution in [2.75, 3.05) is 113 Å². The number of carbonyl (C=O) groups is 2. The lowest BCUT2D eigenvalue weighted by Crippen LogP contribution is -2.81. The normalized spacial score (nSPS) is 49.0. The summed E-state index contributed by atoms with van der Waals surface area (Å²) in [6.45, 7) is 8.10. The van der Waals surface area contributed by atoms with Gasteiger partial charge in [0.05, 0.1) is 88.9 Å². The van der Waals surface area contributed by atoms with E-state index in [0.29, 0.717) is 109 Å². The lowest BCUT2D eigenvalue weighted by atomic mass is 9.43. The third-order valence-corrected chi connectivity index (χ3v) is 35.2. The molecule has 104 heavy (non-hydrogen) atoms. The van der Waals surface area contributed by atoms with Crippen molar-refractivity contribution in [1.82, 2.24) is 19.6 Å². The summed E-state index contributed by atoms with van der Waals surface area (Å²) >= 11 is 0. The number of anilines is 4. The molecule has 4 aromatic carbocycles. The average molecular weight is 1410 g/mol. The number of benzene rings is 4. The van der Waals surface area contributed by atoms with Crippen molar-refractivity contribution in [3.63, 3.8) is 0 Å². The molecule has 6 N–H and O–H groups in total. The van der Waals surface area contributed by atoms with Crippen LogP contribution in [0.1, 0.15) is 119 Å². The highest BCUT2D eigenvalue weighted by atomic mass is 16.5. The molecule has 13 saturated heterocycles. The number of esters is 2. The average Bonchev–Trinajstić information content (AvgIpc) is 1.45. The fraction of sp³-hybridized carbons (Fsp3) is 0.619. The molecular formula is C84H92N8O12. The molecule has 0 bridgehead atoms. The smallest absolute Gasteiger partial charge is 0.335 e. The number of rotatable bonds is 3. The first-order valence-electron chi connectivity index (χ1n) is 39.8. The number of aliphatic hydroxyl groups is 2. The van der Waals surface area contributed by atoms with Gasteiger partial charge >= 0.3 is 11.9 Å². The van der Waals surface area contributed by atoms with Crippen LogP contribution in [-0.2, 0) is 59.7 Å². The summed E-state index contributed by atoms with van der Waals surface area (Å²) in [6.07, 6.45) is 13.2. The molecule has 4 aromatic rings. The second kappa shape index (κ2) is 18.5. The first-order valence-corrected chi connectivity index (χ1v) is 39.8. The quantitative estimate of drug-likeness (QED) is 0.109. The molecule has 0 aromatic heterocycles. The summed E-state index contributed by atoms with van der Waals surface area (Å²) in [4.78, 5) is 47.2. The van der Waals surface area contributed by atoms with Crippen LogP contribution in [0.15, 0.2) is 119 Å². The van der Waals surface area contributed by atoms with Crippen LogP contribution >= 0.6 is 0 Å². The highest BCUT2D eigenvalue weighted by Gasteiger charge is 2.88. The van der Waals surface area contributed by atoms with Gasteiger partial charge in [-0.1, -0.05) is 60.7 Å². The maximum Gasteiger partial charge on any atom is 0.335 e. The molecule has 15 fully saturated rings. The number of phenolic OH excluding ortho intramolecular Hbond substituents is 2. The molecule has 0 amide bonds. The number of hydrogen-bond donors (Lipinski definition) is 6. The number of nitrogens with zero attached hydrogens (tertiary/aromatic N) is 6. The summed E-state index contributed by atoms with van der Waals surface area (Å²) < 4.78 is 41.7. The van der Waals surface area contributed by atoms with Crippen LogP contribution in [0.5, 0.6) is 11.5 Å². The van der Waals surface area contributed by atoms with Gasteiger partial charge in [-0.25, -0.2) is 9.59 Å². The van der Waals surface area contributed by atoms with Crippen LogP contribution in [0.2, 0.25) is 0 Å². The van der Waals surface area contributed by atoms with E-state index >= 15 is 9.59 Å². The van der Waals surface area contributed by atoms with Crippen LogP contribution in [0.4, 0.5) is 22.7 Å². The van der Waals surface area contributed by atoms with Crippen molar-refractivity contribution in [3.8, 4) is 11.5 Å². The van der Waals surface area contributed by atoms with Gasteiger partial charge in [0.15, 0.2) is 11.4 Å². The second-order valence-corrected chi connectivity index (χ2v) is 37.6. The number of fused-ring (bicyclic) bond motifs is 8. The number of carbonyl (C=O) groups excluding carboxylic acids is 2. The number of methoxy groups -OCH3 is 2. The van der Waals surface area contributed by atoms with E-state index in [1.54, 1.807) is 0 Å². The molecule has 1 unspecified atom stereocenters. The first kappa shape index (κ1) is 60.3. The van der Waals surface area contributed by atoms with E-state index in [9.17, 15) is 20.4 Å². The summed E-state index contributed by atoms with van der Waals surface area (Å²) in [5, 5.41) is 63.5. The number of hydrogen-bond acceptors (Lipinski definition) is 20. The highest BCUT2D eigenvalue weighted by molar-refractivity contribution is 5.96. The zero-order valence-corrected chi connectivity index (χ0v) is 59.3. The minimum Gasteiger partial charge on any atom is -0.506 e. The van der Waals surface area contributed by atoms with Gasteiger partial charge in [-0.15, -0.1) is 0 Å². The van der Waals surface area contributed by atoms with E-state index < -0.39 is 54.8 Å². The van der Waals surface area contributed by atoms with Crippen molar-refractivity contribution >= 4 is 34.7 Å². The molecule has 10 spiro atoms. The van der Waals surface area contributed by atoms with Crippen LogP contribution in [-0.4, -0.2) is 211 Å². The Morgan fingerprint density at radius 3 is 1.60 bits per heavy atom. The van der Waals surface area contributed by atoms with Crippen LogP contribution in [0.3, 0.4) is 0 Å². The molecule has 540 valence electrons. The predicted octanol–water partition coefficient (Wildman–Crippen LogP) is 7.59. The van der Waals surface area contributed by atoms with Crippen molar-refractivity contribution in [1.29, 1.82) is 0 Å². The van der Waals surface area contributed by atoms with Crippen LogP contribution < -0.4 is 20.4 Å². The third-order valence-electron chi connectivity index (χ3n) is 35.2. The molecular weight excluding hydrogens is 1310 g/mol. The van der Waals surface area contributed by atoms with Crippen molar-refractivity contribution in [2.45, 2.75) is 184 Å². The lowest BCUT2D eigenvalue weighted by molar-refractivity contribution is -0.234. The predicted molar refractivity (Wildman–Crippen MR) is 379 cm³/mol. The summed E-state index contributed by atoms with van der Waals surface area (Å²) in [7, 11) is 3.07. The molecule has 20 nitrogen and oxygen atoms in total. The Balaban J connectivity index is 0.711. The van der Waals surface area contributed by atoms with E-state index in [2.05, 4.69) is 107 Å². The van der Waals surface area contributed by atoms with Crippen molar-refractivity contribution in [2.24, 2.45) is 44.3 Å². The summed E-state index contributed by atoms with van der Waals surface area (Å²) in [5.41, 5.74) is 3.44. The van der Waals surface area contributed by atoms with E-state index in [1.165, 1.54) is 25.4 Å². The molecule has 20 heteroatoms. The molecule has 18 aliphatic heterocycles. The summed E-state index contributed by atoms with van der Waals surface area (Å²) in [6, 6.07) is 29.1. The van der Waals surface area contributed by atoms with Crippen molar-refractivity contribution < 1.29 is 58.4 Å². The van der Waals surface area contributed by atoms with Gasteiger partial charge in [0.25, 0.3) is 0 Å². The van der Waals surface area contributed by atoms with Gasteiger partial charge in [0.2, 0.25) is 0 Å². The van der Waals surface area contributed by atoms with Crippen molar-refractivity contribution in [3.05, 3.63) is 141 Å². The number of para-hydroxylation sites is 4. The fourth-order valence-electron chi connectivity index (χ4n) is 33.6. The Labute approximate surface area is 604 Å². The van der Waals surface area contributed by atoms with Gasteiger partial charge in [-0.05, 0) is 161 Å². The Bertz CT molecular complexity index is 4800. The number of phenols is 2. The highest BCUT2D eigenvalue weighted by Crippen LogP contribution is 2.82. The zero-order chi connectivity index (χ0) is 69.0. The molecule has 2 saturated carbocycles. The van der Waals surface area contributed by atoms with E-state index in [4.69, 9.17) is 28.4 Å². The SMILES string of the molecule is COC(=O)C1=C2Nc3ccccc3[C@@]23C(C2C[C@]45C(=C(C(=O)OC)C[C@]67CCO[C@H]6[C@@]6(C[C@@H]8C[C@]9%10CCO[C@H]9CCN9CC[C@@]%11(c%12cccc(O)c%12N(C6)[C@@]8%11O)[C@@H]9%10)CN2[C@@H]74)Nc2ccccc25)=CN2C[C@]4(C[C@@H]5C[C@]67CCO[C@H]6CCN6CC[C@@]8(c9cccc(O)c9N(C4)[C@@]58O)[C@@H]67)[C@@H]4OCC[C@]4(C1)[C@H]23. The zero-order valence-electron chi connectivity index (χ0n) is 59.3. The fourth-order valence-corrected chi connectivity index (χ4v) is 33.6. The largest absolute Gasteiger partial charge is 0.506 e. The molecule has 22 aliphatic rings. The maximum atomic E-state index is 15.8. The second-order valence-electron chi connectivity index (χ2n) is 37.6. The van der Waals surface area contributed by atoms with E-state index in [-0.39, 0.29) is 101 Å². The topological polar surface area (TPSA) is 214 Å². The van der Waals surface area contributed by atoms with Gasteiger partial charge in [-0.3, -0.25) is 14.7 Å². The third kappa shape index (κ3) is 5.86.